The van der Waals surface area contributed by atoms with Crippen LogP contribution in [-0.4, -0.2) is 43.2 Å². The highest BCUT2D eigenvalue weighted by Gasteiger charge is 2.29. The van der Waals surface area contributed by atoms with Crippen molar-refractivity contribution in [3.8, 4) is 0 Å². The van der Waals surface area contributed by atoms with Gasteiger partial charge in [-0.25, -0.2) is 8.42 Å². The van der Waals surface area contributed by atoms with Crippen molar-refractivity contribution >= 4 is 21.6 Å². The molecule has 6 nitrogen and oxygen atoms in total. The van der Waals surface area contributed by atoms with E-state index in [0.29, 0.717) is 11.3 Å². The predicted molar refractivity (Wildman–Crippen MR) is 147 cm³/mol. The summed E-state index contributed by atoms with van der Waals surface area (Å²) in [6.07, 6.45) is 6.21. The average molecular weight is 518 g/mol. The summed E-state index contributed by atoms with van der Waals surface area (Å²) < 4.78 is 27.6. The van der Waals surface area contributed by atoms with Crippen molar-refractivity contribution in [3.05, 3.63) is 95.1 Å². The lowest BCUT2D eigenvalue weighted by Gasteiger charge is -2.30. The summed E-state index contributed by atoms with van der Waals surface area (Å²) in [6.45, 7) is 2.82. The Morgan fingerprint density at radius 3 is 2.30 bits per heavy atom. The number of hydrogen-bond donors (Lipinski definition) is 1. The maximum Gasteiger partial charge on any atom is 0.255 e. The second kappa shape index (κ2) is 11.2. The van der Waals surface area contributed by atoms with Gasteiger partial charge >= 0.3 is 0 Å². The summed E-state index contributed by atoms with van der Waals surface area (Å²) >= 11 is 0. The van der Waals surface area contributed by atoms with Gasteiger partial charge < -0.3 is 5.32 Å². The molecule has 1 amide bonds. The predicted octanol–water partition coefficient (Wildman–Crippen LogP) is 5.45. The first-order valence-corrected chi connectivity index (χ1v) is 14.6. The standard InChI is InChI=1S/C30H35N3O3S/c1-32(28-9-3-2-4-10-28)37(35,36)29-17-15-27(16-18-29)31-30(34)25-13-11-23(12-14-25)21-33-20-19-24-7-5-6-8-26(24)22-33/h5-8,11-18,28H,2-4,9-10,19-22H2,1H3,(H,31,34). The van der Waals surface area contributed by atoms with Gasteiger partial charge in [0.1, 0.15) is 0 Å². The number of carbonyl (C=O) groups is 1. The largest absolute Gasteiger partial charge is 0.322 e. The van der Waals surface area contributed by atoms with Gasteiger partial charge in [-0.05, 0) is 72.4 Å². The van der Waals surface area contributed by atoms with Crippen molar-refractivity contribution in [3.63, 3.8) is 0 Å². The molecule has 1 N–H and O–H groups in total. The van der Waals surface area contributed by atoms with E-state index >= 15 is 0 Å². The molecule has 0 saturated heterocycles. The van der Waals surface area contributed by atoms with E-state index in [0.717, 1.165) is 51.7 Å². The second-order valence-corrected chi connectivity index (χ2v) is 12.2. The molecule has 194 valence electrons. The molecule has 37 heavy (non-hydrogen) atoms. The number of hydrogen-bond acceptors (Lipinski definition) is 4. The zero-order valence-electron chi connectivity index (χ0n) is 21.4. The van der Waals surface area contributed by atoms with Crippen LogP contribution >= 0.6 is 0 Å². The third kappa shape index (κ3) is 5.95. The fourth-order valence-electron chi connectivity index (χ4n) is 5.43. The van der Waals surface area contributed by atoms with E-state index in [1.165, 1.54) is 27.4 Å². The summed E-state index contributed by atoms with van der Waals surface area (Å²) in [5.41, 5.74) is 5.14. The molecule has 1 aliphatic carbocycles. The Kier molecular flexibility index (Phi) is 7.74. The van der Waals surface area contributed by atoms with Gasteiger partial charge in [-0.1, -0.05) is 55.7 Å². The molecule has 1 heterocycles. The third-order valence-electron chi connectivity index (χ3n) is 7.71. The fraction of sp³-hybridized carbons (Fsp3) is 0.367. The maximum absolute atomic E-state index is 13.1. The van der Waals surface area contributed by atoms with Crippen LogP contribution in [0, 0.1) is 0 Å². The number of nitrogens with zero attached hydrogens (tertiary/aromatic N) is 2. The summed E-state index contributed by atoms with van der Waals surface area (Å²) in [6, 6.07) is 22.8. The van der Waals surface area contributed by atoms with Crippen LogP contribution in [0.1, 0.15) is 59.2 Å². The molecule has 0 aromatic heterocycles. The minimum atomic E-state index is -3.55. The van der Waals surface area contributed by atoms with Crippen LogP contribution in [0.3, 0.4) is 0 Å². The molecule has 0 atom stereocenters. The molecule has 7 heteroatoms. The molecule has 0 radical (unpaired) electrons. The smallest absolute Gasteiger partial charge is 0.255 e. The monoisotopic (exact) mass is 517 g/mol. The van der Waals surface area contributed by atoms with Crippen LogP contribution in [-0.2, 0) is 29.5 Å². The van der Waals surface area contributed by atoms with E-state index in [-0.39, 0.29) is 16.8 Å². The molecule has 3 aromatic carbocycles. The molecule has 1 fully saturated rings. The van der Waals surface area contributed by atoms with E-state index < -0.39 is 10.0 Å². The van der Waals surface area contributed by atoms with E-state index in [2.05, 4.69) is 34.5 Å². The van der Waals surface area contributed by atoms with Crippen LogP contribution in [0.15, 0.2) is 77.7 Å². The number of fused-ring (bicyclic) bond motifs is 1. The normalized spacial score (nSPS) is 16.9. The van der Waals surface area contributed by atoms with Crippen LogP contribution < -0.4 is 5.32 Å². The van der Waals surface area contributed by atoms with Gasteiger partial charge in [-0.15, -0.1) is 0 Å². The molecule has 0 unspecified atom stereocenters. The number of anilines is 1. The first-order valence-electron chi connectivity index (χ1n) is 13.2. The summed E-state index contributed by atoms with van der Waals surface area (Å²) in [7, 11) is -1.88. The van der Waals surface area contributed by atoms with Crippen molar-refractivity contribution in [2.45, 2.75) is 62.6 Å². The number of nitrogens with one attached hydrogen (secondary N) is 1. The minimum Gasteiger partial charge on any atom is -0.322 e. The Hall–Kier alpha value is -3.00. The number of carbonyl (C=O) groups excluding carboxylic acids is 1. The number of amides is 1. The Labute approximate surface area is 220 Å². The molecule has 1 saturated carbocycles. The van der Waals surface area contributed by atoms with Crippen LogP contribution in [0.5, 0.6) is 0 Å². The first-order chi connectivity index (χ1) is 17.9. The van der Waals surface area contributed by atoms with Crippen molar-refractivity contribution in [2.75, 3.05) is 18.9 Å². The Balaban J connectivity index is 1.17. The Morgan fingerprint density at radius 1 is 0.919 bits per heavy atom. The first kappa shape index (κ1) is 25.6. The lowest BCUT2D eigenvalue weighted by molar-refractivity contribution is 0.102. The SMILES string of the molecule is CN(C1CCCCC1)S(=O)(=O)c1ccc(NC(=O)c2ccc(CN3CCc4ccccc4C3)cc2)cc1. The van der Waals surface area contributed by atoms with Gasteiger partial charge in [-0.2, -0.15) is 4.31 Å². The van der Waals surface area contributed by atoms with Gasteiger partial charge in [0, 0.05) is 44.0 Å². The highest BCUT2D eigenvalue weighted by Crippen LogP contribution is 2.27. The van der Waals surface area contributed by atoms with Gasteiger partial charge in [0.15, 0.2) is 0 Å². The second-order valence-electron chi connectivity index (χ2n) is 10.2. The van der Waals surface area contributed by atoms with Gasteiger partial charge in [0.2, 0.25) is 10.0 Å². The molecule has 5 rings (SSSR count). The summed E-state index contributed by atoms with van der Waals surface area (Å²) in [5, 5.41) is 2.88. The topological polar surface area (TPSA) is 69.7 Å². The molecule has 3 aromatic rings. The van der Waals surface area contributed by atoms with Crippen LogP contribution in [0.2, 0.25) is 0 Å². The summed E-state index contributed by atoms with van der Waals surface area (Å²) in [4.78, 5) is 15.5. The van der Waals surface area contributed by atoms with Gasteiger partial charge in [0.25, 0.3) is 5.91 Å². The Bertz CT molecular complexity index is 1330. The van der Waals surface area contributed by atoms with Crippen molar-refractivity contribution in [1.29, 1.82) is 0 Å². The van der Waals surface area contributed by atoms with Crippen LogP contribution in [0.25, 0.3) is 0 Å². The molecule has 2 aliphatic rings. The van der Waals surface area contributed by atoms with Crippen molar-refractivity contribution in [1.82, 2.24) is 9.21 Å². The van der Waals surface area contributed by atoms with Gasteiger partial charge in [-0.3, -0.25) is 9.69 Å². The summed E-state index contributed by atoms with van der Waals surface area (Å²) in [5.74, 6) is -0.214. The molecule has 1 aliphatic heterocycles. The third-order valence-corrected chi connectivity index (χ3v) is 9.63. The van der Waals surface area contributed by atoms with E-state index in [1.54, 1.807) is 31.3 Å². The fourth-order valence-corrected chi connectivity index (χ4v) is 6.85. The minimum absolute atomic E-state index is 0.0619. The lowest BCUT2D eigenvalue weighted by atomic mass is 9.96. The van der Waals surface area contributed by atoms with Gasteiger partial charge in [0.05, 0.1) is 4.90 Å². The number of rotatable bonds is 7. The average Bonchev–Trinajstić information content (AvgIpc) is 2.93. The zero-order chi connectivity index (χ0) is 25.8. The molecular formula is C30H35N3O3S. The molecule has 0 spiro atoms. The molecular weight excluding hydrogens is 482 g/mol. The quantitative estimate of drug-likeness (QED) is 0.452. The highest BCUT2D eigenvalue weighted by molar-refractivity contribution is 7.89. The van der Waals surface area contributed by atoms with E-state index in [1.807, 2.05) is 24.3 Å². The van der Waals surface area contributed by atoms with Crippen molar-refractivity contribution in [2.24, 2.45) is 0 Å². The van der Waals surface area contributed by atoms with Crippen LogP contribution in [0.4, 0.5) is 5.69 Å². The highest BCUT2D eigenvalue weighted by atomic mass is 32.2. The number of sulfonamides is 1. The zero-order valence-corrected chi connectivity index (χ0v) is 22.2. The maximum atomic E-state index is 13.1. The van der Waals surface area contributed by atoms with E-state index in [4.69, 9.17) is 0 Å². The molecule has 0 bridgehead atoms. The lowest BCUT2D eigenvalue weighted by Crippen LogP contribution is -2.38. The Morgan fingerprint density at radius 2 is 1.59 bits per heavy atom. The van der Waals surface area contributed by atoms with E-state index in [9.17, 15) is 13.2 Å². The van der Waals surface area contributed by atoms with Crippen molar-refractivity contribution < 1.29 is 13.2 Å². The number of benzene rings is 3.